The largest absolute Gasteiger partial charge is 0.314 e. The maximum Gasteiger partial charge on any atom is 0.269 e. The van der Waals surface area contributed by atoms with E-state index in [2.05, 4.69) is 4.98 Å². The van der Waals surface area contributed by atoms with Crippen molar-refractivity contribution >= 4 is 38.8 Å². The molecule has 2 aromatic heterocycles. The first-order valence-electron chi connectivity index (χ1n) is 9.09. The molecule has 156 valence electrons. The molecule has 0 radical (unpaired) electrons. The highest BCUT2D eigenvalue weighted by atomic mass is 32.1. The number of halogens is 1. The Morgan fingerprint density at radius 1 is 1.19 bits per heavy atom. The van der Waals surface area contributed by atoms with E-state index >= 15 is 0 Å². The van der Waals surface area contributed by atoms with Gasteiger partial charge >= 0.3 is 0 Å². The van der Waals surface area contributed by atoms with Gasteiger partial charge in [0.15, 0.2) is 0 Å². The molecule has 0 spiro atoms. The van der Waals surface area contributed by atoms with Gasteiger partial charge in [0.25, 0.3) is 11.2 Å². The second-order valence-corrected chi connectivity index (χ2v) is 7.60. The second kappa shape index (κ2) is 8.07. The van der Waals surface area contributed by atoms with Crippen molar-refractivity contribution in [2.24, 2.45) is 0 Å². The molecule has 31 heavy (non-hydrogen) atoms. The zero-order valence-corrected chi connectivity index (χ0v) is 17.0. The summed E-state index contributed by atoms with van der Waals surface area (Å²) in [4.78, 5) is 42.2. The molecule has 0 aliphatic rings. The monoisotopic (exact) mass is 438 g/mol. The van der Waals surface area contributed by atoms with Crippen LogP contribution in [0.25, 0.3) is 21.3 Å². The van der Waals surface area contributed by atoms with Gasteiger partial charge in [0.2, 0.25) is 5.91 Å². The number of anilines is 1. The lowest BCUT2D eigenvalue weighted by Gasteiger charge is -2.17. The standard InChI is InChI=1S/C21H15FN4O4S/c1-24(15-6-8-16(9-7-15)26(29)30)18(27)10-25-12-23-20-19(21(25)28)17(11-31-20)13-2-4-14(22)5-3-13/h2-9,11-12H,10H2,1H3. The molecule has 4 aromatic rings. The van der Waals surface area contributed by atoms with E-state index in [0.717, 1.165) is 0 Å². The molecule has 1 amide bonds. The fourth-order valence-electron chi connectivity index (χ4n) is 3.12. The summed E-state index contributed by atoms with van der Waals surface area (Å²) in [5.74, 6) is -0.769. The fourth-order valence-corrected chi connectivity index (χ4v) is 4.02. The fraction of sp³-hybridized carbons (Fsp3) is 0.0952. The van der Waals surface area contributed by atoms with Crippen LogP contribution in [0.2, 0.25) is 0 Å². The number of amides is 1. The van der Waals surface area contributed by atoms with E-state index in [-0.39, 0.29) is 23.6 Å². The highest BCUT2D eigenvalue weighted by Gasteiger charge is 2.17. The number of hydrogen-bond donors (Lipinski definition) is 0. The van der Waals surface area contributed by atoms with Crippen LogP contribution in [0.5, 0.6) is 0 Å². The average molecular weight is 438 g/mol. The number of carbonyl (C=O) groups is 1. The van der Waals surface area contributed by atoms with Crippen LogP contribution >= 0.6 is 11.3 Å². The lowest BCUT2D eigenvalue weighted by molar-refractivity contribution is -0.384. The normalized spacial score (nSPS) is 10.9. The molecule has 0 atom stereocenters. The van der Waals surface area contributed by atoms with Gasteiger partial charge in [-0.1, -0.05) is 12.1 Å². The van der Waals surface area contributed by atoms with Gasteiger partial charge in [-0.2, -0.15) is 0 Å². The molecular formula is C21H15FN4O4S. The number of nitro groups is 1. The van der Waals surface area contributed by atoms with Crippen molar-refractivity contribution in [1.29, 1.82) is 0 Å². The van der Waals surface area contributed by atoms with Gasteiger partial charge < -0.3 is 4.90 Å². The van der Waals surface area contributed by atoms with Crippen LogP contribution in [0.1, 0.15) is 0 Å². The van der Waals surface area contributed by atoms with Crippen LogP contribution in [0, 0.1) is 15.9 Å². The number of thiophene rings is 1. The quantitative estimate of drug-likeness (QED) is 0.348. The molecule has 0 N–H and O–H groups in total. The maximum atomic E-state index is 13.3. The molecule has 8 nitrogen and oxygen atoms in total. The first kappa shape index (κ1) is 20.4. The van der Waals surface area contributed by atoms with Crippen LogP contribution in [0.4, 0.5) is 15.8 Å². The van der Waals surface area contributed by atoms with Crippen molar-refractivity contribution < 1.29 is 14.1 Å². The van der Waals surface area contributed by atoms with Gasteiger partial charge in [0, 0.05) is 35.8 Å². The molecular weight excluding hydrogens is 423 g/mol. The maximum absolute atomic E-state index is 13.3. The number of hydrogen-bond acceptors (Lipinski definition) is 6. The summed E-state index contributed by atoms with van der Waals surface area (Å²) in [5, 5.41) is 12.9. The molecule has 0 aliphatic carbocycles. The summed E-state index contributed by atoms with van der Waals surface area (Å²) >= 11 is 1.29. The van der Waals surface area contributed by atoms with E-state index in [4.69, 9.17) is 0 Å². The third kappa shape index (κ3) is 3.92. The van der Waals surface area contributed by atoms with E-state index in [1.165, 1.54) is 70.6 Å². The Bertz CT molecular complexity index is 1350. The van der Waals surface area contributed by atoms with E-state index in [9.17, 15) is 24.1 Å². The summed E-state index contributed by atoms with van der Waals surface area (Å²) in [6.07, 6.45) is 1.32. The Kier molecular flexibility index (Phi) is 5.30. The molecule has 0 aliphatic heterocycles. The summed E-state index contributed by atoms with van der Waals surface area (Å²) in [6, 6.07) is 11.3. The minimum absolute atomic E-state index is 0.0822. The van der Waals surface area contributed by atoms with Crippen molar-refractivity contribution in [3.8, 4) is 11.1 Å². The van der Waals surface area contributed by atoms with E-state index < -0.39 is 10.8 Å². The molecule has 2 heterocycles. The second-order valence-electron chi connectivity index (χ2n) is 6.74. The number of aromatic nitrogens is 2. The number of nitro benzene ring substituents is 1. The van der Waals surface area contributed by atoms with Gasteiger partial charge in [-0.25, -0.2) is 9.37 Å². The number of carbonyl (C=O) groups excluding carboxylic acids is 1. The van der Waals surface area contributed by atoms with Gasteiger partial charge in [-0.3, -0.25) is 24.3 Å². The Morgan fingerprint density at radius 3 is 2.52 bits per heavy atom. The number of benzene rings is 2. The SMILES string of the molecule is CN(C(=O)Cn1cnc2scc(-c3ccc(F)cc3)c2c1=O)c1ccc([N+](=O)[O-])cc1. The number of likely N-dealkylation sites (N-methyl/N-ethyl adjacent to an activating group) is 1. The zero-order valence-electron chi connectivity index (χ0n) is 16.2. The molecule has 0 unspecified atom stereocenters. The highest BCUT2D eigenvalue weighted by Crippen LogP contribution is 2.30. The predicted molar refractivity (Wildman–Crippen MR) is 116 cm³/mol. The predicted octanol–water partition coefficient (Wildman–Crippen LogP) is 3.84. The molecule has 2 aromatic carbocycles. The third-order valence-corrected chi connectivity index (χ3v) is 5.73. The Labute approximate surface area is 179 Å². The molecule has 0 saturated heterocycles. The topological polar surface area (TPSA) is 98.3 Å². The lowest BCUT2D eigenvalue weighted by atomic mass is 10.1. The van der Waals surface area contributed by atoms with Crippen molar-refractivity contribution in [3.05, 3.63) is 86.5 Å². The van der Waals surface area contributed by atoms with Gasteiger partial charge in [0.05, 0.1) is 16.6 Å². The molecule has 10 heteroatoms. The smallest absolute Gasteiger partial charge is 0.269 e. The van der Waals surface area contributed by atoms with Crippen molar-refractivity contribution in [2.75, 3.05) is 11.9 Å². The minimum atomic E-state index is -0.522. The molecule has 0 fully saturated rings. The Balaban J connectivity index is 1.64. The number of non-ortho nitro benzene ring substituents is 1. The first-order valence-corrected chi connectivity index (χ1v) is 9.96. The molecule has 4 rings (SSSR count). The van der Waals surface area contributed by atoms with Crippen LogP contribution < -0.4 is 10.5 Å². The van der Waals surface area contributed by atoms with Gasteiger partial charge in [-0.15, -0.1) is 11.3 Å². The third-order valence-electron chi connectivity index (χ3n) is 4.84. The lowest BCUT2D eigenvalue weighted by Crippen LogP contribution is -2.34. The zero-order chi connectivity index (χ0) is 22.1. The van der Waals surface area contributed by atoms with Crippen LogP contribution in [0.3, 0.4) is 0 Å². The first-order chi connectivity index (χ1) is 14.8. The van der Waals surface area contributed by atoms with Crippen molar-refractivity contribution in [1.82, 2.24) is 9.55 Å². The summed E-state index contributed by atoms with van der Waals surface area (Å²) < 4.78 is 14.5. The minimum Gasteiger partial charge on any atom is -0.314 e. The van der Waals surface area contributed by atoms with E-state index in [0.29, 0.717) is 27.0 Å². The molecule has 0 saturated carbocycles. The van der Waals surface area contributed by atoms with Gasteiger partial charge in [-0.05, 0) is 29.8 Å². The van der Waals surface area contributed by atoms with Crippen molar-refractivity contribution in [3.63, 3.8) is 0 Å². The number of fused-ring (bicyclic) bond motifs is 1. The van der Waals surface area contributed by atoms with Crippen LogP contribution in [-0.2, 0) is 11.3 Å². The number of nitrogens with zero attached hydrogens (tertiary/aromatic N) is 4. The van der Waals surface area contributed by atoms with Gasteiger partial charge in [0.1, 0.15) is 17.2 Å². The highest BCUT2D eigenvalue weighted by molar-refractivity contribution is 7.17. The summed E-state index contributed by atoms with van der Waals surface area (Å²) in [5.41, 5.74) is 1.30. The summed E-state index contributed by atoms with van der Waals surface area (Å²) in [6.45, 7) is -0.256. The Hall–Kier alpha value is -3.92. The summed E-state index contributed by atoms with van der Waals surface area (Å²) in [7, 11) is 1.52. The number of rotatable bonds is 5. The average Bonchev–Trinajstić information content (AvgIpc) is 3.20. The van der Waals surface area contributed by atoms with Crippen LogP contribution in [0.15, 0.2) is 65.0 Å². The molecule has 0 bridgehead atoms. The van der Waals surface area contributed by atoms with Crippen molar-refractivity contribution in [2.45, 2.75) is 6.54 Å². The van der Waals surface area contributed by atoms with Crippen LogP contribution in [-0.4, -0.2) is 27.4 Å². The Morgan fingerprint density at radius 2 is 1.87 bits per heavy atom. The van der Waals surface area contributed by atoms with E-state index in [1.807, 2.05) is 0 Å². The van der Waals surface area contributed by atoms with E-state index in [1.54, 1.807) is 17.5 Å².